The number of carbonyl (C=O) groups excluding carboxylic acids is 1. The minimum atomic E-state index is -1.12. The van der Waals surface area contributed by atoms with Gasteiger partial charge in [0, 0.05) is 36.3 Å². The van der Waals surface area contributed by atoms with E-state index < -0.39 is 11.6 Å². The van der Waals surface area contributed by atoms with E-state index in [1.807, 2.05) is 39.5 Å². The number of carboxylic acid groups (broad SMARTS) is 1. The second-order valence-corrected chi connectivity index (χ2v) is 8.53. The molecule has 29 heavy (non-hydrogen) atoms. The van der Waals surface area contributed by atoms with E-state index in [9.17, 15) is 14.7 Å². The third kappa shape index (κ3) is 5.00. The van der Waals surface area contributed by atoms with Crippen molar-refractivity contribution < 1.29 is 23.8 Å². The van der Waals surface area contributed by atoms with Gasteiger partial charge in [0.15, 0.2) is 5.58 Å². The van der Waals surface area contributed by atoms with Gasteiger partial charge in [-0.1, -0.05) is 11.6 Å². The first-order valence-electron chi connectivity index (χ1n) is 9.06. The molecule has 1 aliphatic rings. The van der Waals surface area contributed by atoms with Gasteiger partial charge in [0.2, 0.25) is 0 Å². The summed E-state index contributed by atoms with van der Waals surface area (Å²) in [6.45, 7) is 10.3. The first-order chi connectivity index (χ1) is 13.0. The first-order valence-corrected chi connectivity index (χ1v) is 9.43. The van der Waals surface area contributed by atoms with Crippen LogP contribution in [0.15, 0.2) is 16.5 Å². The van der Waals surface area contributed by atoms with Crippen molar-refractivity contribution in [1.29, 1.82) is 0 Å². The summed E-state index contributed by atoms with van der Waals surface area (Å²) in [5, 5.41) is 9.67. The van der Waals surface area contributed by atoms with Crippen molar-refractivity contribution in [3.8, 4) is 0 Å². The van der Waals surface area contributed by atoms with E-state index in [0.717, 1.165) is 0 Å². The van der Waals surface area contributed by atoms with E-state index in [4.69, 9.17) is 20.8 Å². The van der Waals surface area contributed by atoms with Crippen LogP contribution >= 0.6 is 11.6 Å². The Balaban J connectivity index is 0.00000300. The number of aromatic carboxylic acids is 1. The van der Waals surface area contributed by atoms with Crippen LogP contribution in [0.25, 0.3) is 11.1 Å². The van der Waals surface area contributed by atoms with Crippen molar-refractivity contribution in [1.82, 2.24) is 9.88 Å². The molecule has 0 unspecified atom stereocenters. The fourth-order valence-electron chi connectivity index (χ4n) is 3.43. The molecule has 1 fully saturated rings. The number of nitrogens with zero attached hydrogens (tertiary/aromatic N) is 3. The SMILES string of the molecule is C[C@H]1CN(C(=O)OC(C)(C)C)C[C@H](C)N1c1nc2c(C(=O)O)cc(Cl)cc2o1.[LiH]. The summed E-state index contributed by atoms with van der Waals surface area (Å²) in [6.07, 6.45) is -0.358. The summed E-state index contributed by atoms with van der Waals surface area (Å²) < 4.78 is 11.3. The molecule has 1 N–H and O–H groups in total. The summed E-state index contributed by atoms with van der Waals surface area (Å²) in [7, 11) is 0. The minimum absolute atomic E-state index is 0. The van der Waals surface area contributed by atoms with Crippen LogP contribution in [0.5, 0.6) is 0 Å². The Labute approximate surface area is 186 Å². The van der Waals surface area contributed by atoms with Crippen LogP contribution in [0.2, 0.25) is 5.02 Å². The van der Waals surface area contributed by atoms with Crippen molar-refractivity contribution >= 4 is 59.6 Å². The Hall–Kier alpha value is -1.88. The van der Waals surface area contributed by atoms with Gasteiger partial charge in [-0.05, 0) is 40.7 Å². The number of hydrogen-bond donors (Lipinski definition) is 1. The van der Waals surface area contributed by atoms with Gasteiger partial charge < -0.3 is 24.1 Å². The Kier molecular flexibility index (Phi) is 6.83. The number of benzene rings is 1. The molecule has 8 nitrogen and oxygen atoms in total. The second kappa shape index (κ2) is 8.47. The molecular weight excluding hydrogens is 393 g/mol. The molecule has 0 aliphatic carbocycles. The number of carbonyl (C=O) groups is 2. The Morgan fingerprint density at radius 2 is 1.83 bits per heavy atom. The molecule has 1 amide bonds. The first kappa shape index (κ1) is 23.4. The molecular formula is C19H25ClLiN3O5. The van der Waals surface area contributed by atoms with Gasteiger partial charge in [-0.2, -0.15) is 4.98 Å². The maximum absolute atomic E-state index is 12.4. The molecule has 2 aromatic rings. The maximum atomic E-state index is 12.4. The average Bonchev–Trinajstić information content (AvgIpc) is 2.94. The summed E-state index contributed by atoms with van der Waals surface area (Å²) >= 11 is 6.00. The van der Waals surface area contributed by atoms with E-state index in [1.54, 1.807) is 11.0 Å². The molecule has 1 aliphatic heterocycles. The summed E-state index contributed by atoms with van der Waals surface area (Å²) in [6, 6.07) is 3.00. The van der Waals surface area contributed by atoms with E-state index in [1.165, 1.54) is 6.07 Å². The molecule has 154 valence electrons. The van der Waals surface area contributed by atoms with Crippen LogP contribution in [0, 0.1) is 0 Å². The van der Waals surface area contributed by atoms with Crippen LogP contribution in [-0.2, 0) is 4.74 Å². The number of halogens is 1. The number of oxazole rings is 1. The number of rotatable bonds is 2. The number of fused-ring (bicyclic) bond motifs is 1. The average molecular weight is 418 g/mol. The van der Waals surface area contributed by atoms with Crippen LogP contribution in [0.1, 0.15) is 45.0 Å². The van der Waals surface area contributed by atoms with Gasteiger partial charge in [-0.3, -0.25) is 0 Å². The summed E-state index contributed by atoms with van der Waals surface area (Å²) in [5.74, 6) is -1.12. The summed E-state index contributed by atoms with van der Waals surface area (Å²) in [5.41, 5.74) is -0.00652. The zero-order valence-electron chi connectivity index (χ0n) is 16.5. The molecule has 1 aromatic carbocycles. The van der Waals surface area contributed by atoms with E-state index in [2.05, 4.69) is 4.98 Å². The van der Waals surface area contributed by atoms with Gasteiger partial charge in [-0.15, -0.1) is 0 Å². The molecule has 10 heteroatoms. The normalized spacial score (nSPS) is 19.8. The number of amides is 1. The molecule has 2 heterocycles. The number of anilines is 1. The van der Waals surface area contributed by atoms with Crippen LogP contribution < -0.4 is 4.90 Å². The van der Waals surface area contributed by atoms with Crippen LogP contribution in [-0.4, -0.2) is 76.7 Å². The molecule has 0 spiro atoms. The third-order valence-electron chi connectivity index (χ3n) is 4.47. The van der Waals surface area contributed by atoms with E-state index in [0.29, 0.717) is 24.7 Å². The Morgan fingerprint density at radius 3 is 2.34 bits per heavy atom. The van der Waals surface area contributed by atoms with Crippen LogP contribution in [0.4, 0.5) is 10.8 Å². The number of ether oxygens (including phenoxy) is 1. The number of aromatic nitrogens is 1. The van der Waals surface area contributed by atoms with E-state index in [-0.39, 0.29) is 53.1 Å². The topological polar surface area (TPSA) is 96.1 Å². The zero-order chi connectivity index (χ0) is 20.8. The predicted octanol–water partition coefficient (Wildman–Crippen LogP) is 3.37. The molecule has 0 saturated carbocycles. The number of carboxylic acids is 1. The molecule has 1 aromatic heterocycles. The van der Waals surface area contributed by atoms with Crippen molar-refractivity contribution in [2.45, 2.75) is 52.3 Å². The van der Waals surface area contributed by atoms with E-state index >= 15 is 0 Å². The molecule has 0 bridgehead atoms. The molecule has 3 rings (SSSR count). The van der Waals surface area contributed by atoms with Crippen molar-refractivity contribution in [3.05, 3.63) is 22.7 Å². The van der Waals surface area contributed by atoms with Gasteiger partial charge in [0.1, 0.15) is 11.1 Å². The standard InChI is InChI=1S/C19H24ClN3O5.Li.H/c1-10-8-22(18(26)28-19(3,4)5)9-11(2)23(10)17-21-15-13(16(24)25)6-12(20)7-14(15)27-17;;/h6-7,10-11H,8-9H2,1-5H3,(H,24,25);;/t10-,11-;;/m0../s1. The number of piperazine rings is 1. The van der Waals surface area contributed by atoms with Crippen molar-refractivity contribution in [2.75, 3.05) is 18.0 Å². The van der Waals surface area contributed by atoms with Gasteiger partial charge in [0.05, 0.1) is 5.56 Å². The fraction of sp³-hybridized carbons (Fsp3) is 0.526. The Bertz CT molecular complexity index is 914. The fourth-order valence-corrected chi connectivity index (χ4v) is 3.64. The monoisotopic (exact) mass is 417 g/mol. The molecule has 0 radical (unpaired) electrons. The van der Waals surface area contributed by atoms with Gasteiger partial charge in [-0.25, -0.2) is 9.59 Å². The third-order valence-corrected chi connectivity index (χ3v) is 4.69. The van der Waals surface area contributed by atoms with Crippen molar-refractivity contribution in [3.63, 3.8) is 0 Å². The van der Waals surface area contributed by atoms with Crippen LogP contribution in [0.3, 0.4) is 0 Å². The molecule has 2 atom stereocenters. The second-order valence-electron chi connectivity index (χ2n) is 8.09. The molecule has 1 saturated heterocycles. The Morgan fingerprint density at radius 1 is 1.24 bits per heavy atom. The quantitative estimate of drug-likeness (QED) is 0.748. The van der Waals surface area contributed by atoms with Gasteiger partial charge >= 0.3 is 30.9 Å². The summed E-state index contributed by atoms with van der Waals surface area (Å²) in [4.78, 5) is 31.9. The number of hydrogen-bond acceptors (Lipinski definition) is 6. The van der Waals surface area contributed by atoms with Gasteiger partial charge in [0.25, 0.3) is 6.01 Å². The predicted molar refractivity (Wildman–Crippen MR) is 112 cm³/mol. The zero-order valence-corrected chi connectivity index (χ0v) is 17.3. The van der Waals surface area contributed by atoms with Crippen molar-refractivity contribution in [2.24, 2.45) is 0 Å².